The lowest BCUT2D eigenvalue weighted by Gasteiger charge is -2.28. The highest BCUT2D eigenvalue weighted by Gasteiger charge is 2.33. The molecule has 2 aromatic rings. The molecule has 3 rings (SSSR count). The summed E-state index contributed by atoms with van der Waals surface area (Å²) in [7, 11) is -8.37. The Balaban J connectivity index is 2.30. The van der Waals surface area contributed by atoms with Gasteiger partial charge in [-0.05, 0) is 46.9 Å². The predicted molar refractivity (Wildman–Crippen MR) is 132 cm³/mol. The normalized spacial score (nSPS) is 17.5. The van der Waals surface area contributed by atoms with Crippen LogP contribution in [-0.4, -0.2) is 28.3 Å². The van der Waals surface area contributed by atoms with Crippen molar-refractivity contribution < 1.29 is 16.8 Å². The molecule has 0 fully saturated rings. The molecule has 0 radical (unpaired) electrons. The zero-order valence-electron chi connectivity index (χ0n) is 18.4. The maximum atomic E-state index is 13.0. The van der Waals surface area contributed by atoms with Crippen LogP contribution in [0.15, 0.2) is 107 Å². The van der Waals surface area contributed by atoms with E-state index in [1.165, 1.54) is 30.3 Å². The molecular weight excluding hydrogens is 498 g/mol. The van der Waals surface area contributed by atoms with E-state index in [0.29, 0.717) is 5.57 Å². The van der Waals surface area contributed by atoms with Gasteiger partial charge in [0.15, 0.2) is 0 Å². The van der Waals surface area contributed by atoms with Crippen LogP contribution in [0.25, 0.3) is 10.4 Å². The van der Waals surface area contributed by atoms with Gasteiger partial charge in [-0.3, -0.25) is 0 Å². The predicted octanol–water partition coefficient (Wildman–Crippen LogP) is 5.39. The summed E-state index contributed by atoms with van der Waals surface area (Å²) < 4.78 is 59.4. The number of halogens is 1. The lowest BCUT2D eigenvalue weighted by molar-refractivity contribution is 0.525. The number of hydrogen-bond acceptors (Lipinski definition) is 5. The Hall–Kier alpha value is -3.24. The quantitative estimate of drug-likeness (QED) is 0.226. The van der Waals surface area contributed by atoms with Gasteiger partial charge >= 0.3 is 0 Å². The maximum Gasteiger partial charge on any atom is 0.282 e. The fourth-order valence-electron chi connectivity index (χ4n) is 3.03. The third kappa shape index (κ3) is 5.45. The van der Waals surface area contributed by atoms with Gasteiger partial charge in [-0.1, -0.05) is 73.9 Å². The van der Waals surface area contributed by atoms with Crippen LogP contribution in [0.3, 0.4) is 0 Å². The molecule has 0 atom stereocenters. The topological polar surface area (TPSA) is 142 Å². The standard InChI is InChI=1S/C22H20ClN5O4S2/c1-22(2,3)17-14-18(26-33(29,30)15-10-6-4-7-11-15)21(25-28-24)19(23)20(17)27-34(31,32)16-12-8-5-9-13-16/h4-14H,1-3H3/b26-18-,27-20-. The largest absolute Gasteiger partial charge is 0.282 e. The summed E-state index contributed by atoms with van der Waals surface area (Å²) in [6.45, 7) is 5.32. The molecule has 0 saturated heterocycles. The van der Waals surface area contributed by atoms with E-state index in [9.17, 15) is 16.8 Å². The van der Waals surface area contributed by atoms with Crippen molar-refractivity contribution in [3.8, 4) is 0 Å². The average molecular weight is 518 g/mol. The van der Waals surface area contributed by atoms with E-state index in [1.807, 2.05) is 0 Å². The second-order valence-corrected chi connectivity index (χ2v) is 11.7. The summed E-state index contributed by atoms with van der Waals surface area (Å²) in [6.07, 6.45) is 1.33. The fraction of sp³-hybridized carbons (Fsp3) is 0.182. The minimum Gasteiger partial charge on any atom is -0.199 e. The first-order chi connectivity index (χ1) is 15.9. The van der Waals surface area contributed by atoms with Crippen LogP contribution in [-0.2, 0) is 20.0 Å². The second kappa shape index (κ2) is 9.55. The molecule has 12 heteroatoms. The van der Waals surface area contributed by atoms with Crippen LogP contribution in [0.4, 0.5) is 0 Å². The van der Waals surface area contributed by atoms with E-state index in [2.05, 4.69) is 18.8 Å². The van der Waals surface area contributed by atoms with E-state index in [0.717, 1.165) is 0 Å². The zero-order valence-corrected chi connectivity index (χ0v) is 20.8. The summed E-state index contributed by atoms with van der Waals surface area (Å²) in [6, 6.07) is 15.0. The first-order valence-electron chi connectivity index (χ1n) is 9.85. The van der Waals surface area contributed by atoms with Crippen LogP contribution in [0.2, 0.25) is 0 Å². The molecule has 0 bridgehead atoms. The van der Waals surface area contributed by atoms with Crippen LogP contribution in [0, 0.1) is 5.41 Å². The van der Waals surface area contributed by atoms with Gasteiger partial charge in [0, 0.05) is 4.91 Å². The SMILES string of the molecule is CC(C)(C)C1=CC(=N/S(=O)(=O)c2ccccc2)/C(N=[N+]=[N-])=C(Cl)C/1=N\S(=O)(=O)c1ccccc1. The molecular formula is C22H20ClN5O4S2. The van der Waals surface area contributed by atoms with E-state index in [-0.39, 0.29) is 31.9 Å². The van der Waals surface area contributed by atoms with Gasteiger partial charge < -0.3 is 0 Å². The molecule has 0 aliphatic heterocycles. The van der Waals surface area contributed by atoms with E-state index >= 15 is 0 Å². The van der Waals surface area contributed by atoms with Crippen molar-refractivity contribution in [1.29, 1.82) is 0 Å². The van der Waals surface area contributed by atoms with Crippen molar-refractivity contribution in [3.63, 3.8) is 0 Å². The smallest absolute Gasteiger partial charge is 0.199 e. The summed E-state index contributed by atoms with van der Waals surface area (Å²) in [5.41, 5.74) is 7.91. The van der Waals surface area contributed by atoms with Crippen molar-refractivity contribution in [1.82, 2.24) is 0 Å². The lowest BCUT2D eigenvalue weighted by atomic mass is 9.80. The summed E-state index contributed by atoms with van der Waals surface area (Å²) in [5, 5.41) is 3.18. The maximum absolute atomic E-state index is 13.0. The number of rotatable bonds is 5. The molecule has 0 unspecified atom stereocenters. The zero-order chi connectivity index (χ0) is 25.1. The molecule has 0 heterocycles. The Labute approximate surface area is 203 Å². The van der Waals surface area contributed by atoms with E-state index in [1.54, 1.807) is 57.2 Å². The third-order valence-electron chi connectivity index (χ3n) is 4.66. The van der Waals surface area contributed by atoms with Crippen molar-refractivity contribution in [2.45, 2.75) is 30.6 Å². The number of allylic oxidation sites excluding steroid dienone is 3. The molecule has 0 N–H and O–H groups in total. The molecule has 0 spiro atoms. The van der Waals surface area contributed by atoms with Crippen molar-refractivity contribution >= 4 is 43.1 Å². The van der Waals surface area contributed by atoms with Gasteiger partial charge in [0.05, 0.1) is 31.9 Å². The number of nitrogens with zero attached hydrogens (tertiary/aromatic N) is 5. The number of sulfonamides is 2. The number of benzene rings is 2. The third-order valence-corrected chi connectivity index (χ3v) is 7.61. The summed E-state index contributed by atoms with van der Waals surface area (Å²) >= 11 is 6.49. The van der Waals surface area contributed by atoms with Crippen LogP contribution >= 0.6 is 11.6 Å². The Kier molecular flexibility index (Phi) is 7.13. The molecule has 9 nitrogen and oxygen atoms in total. The van der Waals surface area contributed by atoms with Crippen molar-refractivity contribution in [2.24, 2.45) is 19.3 Å². The number of azide groups is 1. The van der Waals surface area contributed by atoms with Gasteiger partial charge in [-0.25, -0.2) is 0 Å². The molecule has 0 saturated carbocycles. The van der Waals surface area contributed by atoms with Crippen LogP contribution < -0.4 is 0 Å². The van der Waals surface area contributed by atoms with E-state index < -0.39 is 25.5 Å². The molecule has 0 amide bonds. The Morgan fingerprint density at radius 3 is 1.74 bits per heavy atom. The van der Waals surface area contributed by atoms with Gasteiger partial charge in [-0.2, -0.15) is 25.6 Å². The summed E-state index contributed by atoms with van der Waals surface area (Å²) in [5.74, 6) is 0. The van der Waals surface area contributed by atoms with Gasteiger partial charge in [0.25, 0.3) is 20.0 Å². The fourth-order valence-corrected chi connectivity index (χ4v) is 5.40. The van der Waals surface area contributed by atoms with Gasteiger partial charge in [0.2, 0.25) is 0 Å². The van der Waals surface area contributed by atoms with Crippen LogP contribution in [0.1, 0.15) is 20.8 Å². The van der Waals surface area contributed by atoms with Gasteiger partial charge in [0.1, 0.15) is 0 Å². The van der Waals surface area contributed by atoms with Crippen molar-refractivity contribution in [2.75, 3.05) is 0 Å². The van der Waals surface area contributed by atoms with E-state index in [4.69, 9.17) is 17.1 Å². The van der Waals surface area contributed by atoms with Gasteiger partial charge in [-0.15, -0.1) is 0 Å². The average Bonchev–Trinajstić information content (AvgIpc) is 2.78. The lowest BCUT2D eigenvalue weighted by Crippen LogP contribution is -2.26. The molecule has 34 heavy (non-hydrogen) atoms. The molecule has 176 valence electrons. The first-order valence-corrected chi connectivity index (χ1v) is 13.1. The Morgan fingerprint density at radius 1 is 0.824 bits per heavy atom. The molecule has 0 aromatic heterocycles. The Bertz CT molecular complexity index is 1500. The monoisotopic (exact) mass is 517 g/mol. The second-order valence-electron chi connectivity index (χ2n) is 8.15. The minimum absolute atomic E-state index is 0.0586. The highest BCUT2D eigenvalue weighted by molar-refractivity contribution is 7.90. The molecule has 2 aromatic carbocycles. The highest BCUT2D eigenvalue weighted by Crippen LogP contribution is 2.37. The molecule has 1 aliphatic rings. The van der Waals surface area contributed by atoms with Crippen molar-refractivity contribution in [3.05, 3.63) is 93.5 Å². The Morgan fingerprint density at radius 2 is 1.29 bits per heavy atom. The minimum atomic E-state index is -4.19. The first kappa shape index (κ1) is 25.4. The highest BCUT2D eigenvalue weighted by atomic mass is 35.5. The number of hydrogen-bond donors (Lipinski definition) is 0. The van der Waals surface area contributed by atoms with Crippen LogP contribution in [0.5, 0.6) is 0 Å². The summed E-state index contributed by atoms with van der Waals surface area (Å²) in [4.78, 5) is 2.58. The molecule has 1 aliphatic carbocycles.